The van der Waals surface area contributed by atoms with Crippen molar-refractivity contribution in [3.05, 3.63) is 0 Å². The van der Waals surface area contributed by atoms with Crippen LogP contribution in [0.1, 0.15) is 38.5 Å². The first kappa shape index (κ1) is 30.5. The number of aliphatic carboxylic acids is 1. The van der Waals surface area contributed by atoms with E-state index in [1.807, 2.05) is 0 Å². The summed E-state index contributed by atoms with van der Waals surface area (Å²) >= 11 is 0. The van der Waals surface area contributed by atoms with E-state index in [0.717, 1.165) is 0 Å². The van der Waals surface area contributed by atoms with Gasteiger partial charge in [-0.25, -0.2) is 0 Å². The first-order valence-corrected chi connectivity index (χ1v) is 13.1. The first-order chi connectivity index (χ1) is 18.3. The van der Waals surface area contributed by atoms with Gasteiger partial charge >= 0.3 is 11.9 Å². The third-order valence-corrected chi connectivity index (χ3v) is 8.22. The van der Waals surface area contributed by atoms with Gasteiger partial charge in [0.15, 0.2) is 6.29 Å². The fraction of sp³-hybridized carbons (Fsp3) is 0.917. The number of esters is 1. The van der Waals surface area contributed by atoms with E-state index in [1.54, 1.807) is 0 Å². The number of rotatable bonds is 7. The predicted octanol–water partition coefficient (Wildman–Crippen LogP) is -4.02. The number of aliphatic hydroxyl groups is 8. The molecule has 2 saturated heterocycles. The second kappa shape index (κ2) is 12.6. The topological polar surface area (TPSA) is 253 Å². The number of fused-ring (bicyclic) bond motifs is 1. The smallest absolute Gasteiger partial charge is 0.317 e. The Kier molecular flexibility index (Phi) is 9.81. The third kappa shape index (κ3) is 6.87. The molecule has 2 heterocycles. The van der Waals surface area contributed by atoms with Crippen LogP contribution in [0.2, 0.25) is 0 Å². The fourth-order valence-electron chi connectivity index (χ4n) is 6.15. The van der Waals surface area contributed by atoms with Crippen LogP contribution in [0.5, 0.6) is 0 Å². The average molecular weight is 567 g/mol. The lowest BCUT2D eigenvalue weighted by Crippen LogP contribution is -2.62. The summed E-state index contributed by atoms with van der Waals surface area (Å²) in [6.45, 7) is -0.637. The molecule has 0 aromatic heterocycles. The highest BCUT2D eigenvalue weighted by atomic mass is 16.7. The standard InChI is InChI=1S/C24H38O15/c25-9-3-11(26)10-5-15(23(37-14(10)4-9)8-1-12(27)19(32)13(28)2-8)38-24-22(35)21(34)20(33)16(39-24)7-36-18(31)6-17(29)30/h8-16,19-28,32-35H,1-7H2,(H,29,30). The zero-order chi connectivity index (χ0) is 28.6. The van der Waals surface area contributed by atoms with E-state index < -0.39 is 116 Å². The Bertz CT molecular complexity index is 845. The molecule has 15 nitrogen and oxygen atoms in total. The van der Waals surface area contributed by atoms with Crippen molar-refractivity contribution in [3.63, 3.8) is 0 Å². The monoisotopic (exact) mass is 566 g/mol. The Morgan fingerprint density at radius 2 is 1.41 bits per heavy atom. The van der Waals surface area contributed by atoms with Crippen molar-refractivity contribution in [1.82, 2.24) is 0 Å². The van der Waals surface area contributed by atoms with Gasteiger partial charge in [0.05, 0.1) is 42.7 Å². The highest BCUT2D eigenvalue weighted by molar-refractivity contribution is 5.90. The number of aliphatic hydroxyl groups excluding tert-OH is 8. The van der Waals surface area contributed by atoms with Gasteiger partial charge in [0.25, 0.3) is 0 Å². The van der Waals surface area contributed by atoms with Crippen molar-refractivity contribution in [1.29, 1.82) is 0 Å². The Labute approximate surface area is 223 Å². The Balaban J connectivity index is 1.51. The van der Waals surface area contributed by atoms with Gasteiger partial charge in [0, 0.05) is 5.92 Å². The number of hydrogen-bond acceptors (Lipinski definition) is 14. The van der Waals surface area contributed by atoms with Gasteiger partial charge < -0.3 is 64.9 Å². The lowest BCUT2D eigenvalue weighted by atomic mass is 9.72. The van der Waals surface area contributed by atoms with Gasteiger partial charge in [-0.1, -0.05) is 0 Å². The van der Waals surface area contributed by atoms with Gasteiger partial charge in [-0.2, -0.15) is 0 Å². The van der Waals surface area contributed by atoms with Crippen LogP contribution < -0.4 is 0 Å². The average Bonchev–Trinajstić information content (AvgIpc) is 2.86. The quantitative estimate of drug-likeness (QED) is 0.105. The van der Waals surface area contributed by atoms with E-state index in [4.69, 9.17) is 24.1 Å². The summed E-state index contributed by atoms with van der Waals surface area (Å²) in [5.41, 5.74) is 0. The van der Waals surface area contributed by atoms with E-state index in [1.165, 1.54) is 0 Å². The number of hydrogen-bond donors (Lipinski definition) is 9. The molecule has 13 atom stereocenters. The van der Waals surface area contributed by atoms with Crippen LogP contribution in [-0.2, 0) is 28.5 Å². The number of carboxylic acid groups (broad SMARTS) is 1. The van der Waals surface area contributed by atoms with Crippen molar-refractivity contribution >= 4 is 11.9 Å². The minimum atomic E-state index is -1.79. The molecule has 15 heteroatoms. The van der Waals surface area contributed by atoms with Crippen LogP contribution >= 0.6 is 0 Å². The van der Waals surface area contributed by atoms with E-state index in [2.05, 4.69) is 0 Å². The van der Waals surface area contributed by atoms with Gasteiger partial charge in [0.2, 0.25) is 0 Å². The van der Waals surface area contributed by atoms with Crippen molar-refractivity contribution < 1.29 is 74.5 Å². The molecule has 0 spiro atoms. The van der Waals surface area contributed by atoms with Crippen LogP contribution in [0.25, 0.3) is 0 Å². The largest absolute Gasteiger partial charge is 0.481 e. The fourth-order valence-corrected chi connectivity index (χ4v) is 6.15. The van der Waals surface area contributed by atoms with E-state index in [0.29, 0.717) is 0 Å². The molecular formula is C24H38O15. The third-order valence-electron chi connectivity index (χ3n) is 8.22. The lowest BCUT2D eigenvalue weighted by molar-refractivity contribution is -0.334. The maximum Gasteiger partial charge on any atom is 0.317 e. The van der Waals surface area contributed by atoms with Crippen LogP contribution in [0.15, 0.2) is 0 Å². The van der Waals surface area contributed by atoms with Crippen LogP contribution in [0, 0.1) is 11.8 Å². The molecule has 0 radical (unpaired) electrons. The summed E-state index contributed by atoms with van der Waals surface area (Å²) in [7, 11) is 0. The number of ether oxygens (including phenoxy) is 4. The molecule has 0 amide bonds. The second-order valence-corrected chi connectivity index (χ2v) is 11.0. The normalized spacial score (nSPS) is 48.7. The van der Waals surface area contributed by atoms with Crippen molar-refractivity contribution in [2.75, 3.05) is 6.61 Å². The zero-order valence-corrected chi connectivity index (χ0v) is 21.1. The van der Waals surface area contributed by atoms with Gasteiger partial charge in [-0.05, 0) is 38.0 Å². The molecule has 39 heavy (non-hydrogen) atoms. The maximum atomic E-state index is 11.6. The summed E-state index contributed by atoms with van der Waals surface area (Å²) in [4.78, 5) is 22.3. The predicted molar refractivity (Wildman–Crippen MR) is 124 cm³/mol. The SMILES string of the molecule is O=C(O)CC(=O)OCC1OC(OC2CC3C(O)CC(O)CC3OC2C2CC(O)C(O)C(O)C2)C(O)C(O)C1O. The molecule has 0 aromatic rings. The minimum Gasteiger partial charge on any atom is -0.481 e. The molecule has 0 aromatic carbocycles. The second-order valence-electron chi connectivity index (χ2n) is 11.0. The lowest BCUT2D eigenvalue weighted by Gasteiger charge is -2.51. The summed E-state index contributed by atoms with van der Waals surface area (Å²) in [6, 6.07) is 0. The zero-order valence-electron chi connectivity index (χ0n) is 21.1. The molecular weight excluding hydrogens is 528 g/mol. The molecule has 0 bridgehead atoms. The van der Waals surface area contributed by atoms with Gasteiger partial charge in [-0.3, -0.25) is 9.59 Å². The van der Waals surface area contributed by atoms with Crippen LogP contribution in [0.3, 0.4) is 0 Å². The minimum absolute atomic E-state index is 0.0445. The number of carbonyl (C=O) groups is 2. The maximum absolute atomic E-state index is 11.6. The van der Waals surface area contributed by atoms with Crippen molar-refractivity contribution in [2.45, 2.75) is 118 Å². The molecule has 2 saturated carbocycles. The molecule has 4 aliphatic rings. The summed E-state index contributed by atoms with van der Waals surface area (Å²) in [6.07, 6.45) is -16.4. The molecule has 224 valence electrons. The van der Waals surface area contributed by atoms with Gasteiger partial charge in [0.1, 0.15) is 43.5 Å². The summed E-state index contributed by atoms with van der Waals surface area (Å²) in [5, 5.41) is 91.4. The highest BCUT2D eigenvalue weighted by Gasteiger charge is 2.52. The Hall–Kier alpha value is -1.50. The molecule has 4 rings (SSSR count). The molecule has 4 fully saturated rings. The van der Waals surface area contributed by atoms with E-state index >= 15 is 0 Å². The summed E-state index contributed by atoms with van der Waals surface area (Å²) < 4.78 is 22.7. The van der Waals surface area contributed by atoms with Crippen LogP contribution in [-0.4, -0.2) is 144 Å². The molecule has 2 aliphatic heterocycles. The first-order valence-electron chi connectivity index (χ1n) is 13.1. The van der Waals surface area contributed by atoms with Gasteiger partial charge in [-0.15, -0.1) is 0 Å². The number of carbonyl (C=O) groups excluding carboxylic acids is 1. The van der Waals surface area contributed by atoms with E-state index in [-0.39, 0.29) is 32.1 Å². The highest BCUT2D eigenvalue weighted by Crippen LogP contribution is 2.43. The van der Waals surface area contributed by atoms with Crippen molar-refractivity contribution in [2.24, 2.45) is 11.8 Å². The molecule has 13 unspecified atom stereocenters. The van der Waals surface area contributed by atoms with Crippen molar-refractivity contribution in [3.8, 4) is 0 Å². The number of carboxylic acids is 1. The molecule has 2 aliphatic carbocycles. The molecule has 9 N–H and O–H groups in total. The van der Waals surface area contributed by atoms with E-state index in [9.17, 15) is 50.4 Å². The van der Waals surface area contributed by atoms with Crippen LogP contribution in [0.4, 0.5) is 0 Å². The Morgan fingerprint density at radius 3 is 2.05 bits per heavy atom. The summed E-state index contributed by atoms with van der Waals surface area (Å²) in [5.74, 6) is -3.54. The Morgan fingerprint density at radius 1 is 0.744 bits per heavy atom.